The van der Waals surface area contributed by atoms with E-state index in [1.54, 1.807) is 0 Å². The lowest BCUT2D eigenvalue weighted by Crippen LogP contribution is -2.30. The molecule has 0 spiro atoms. The lowest BCUT2D eigenvalue weighted by atomic mass is 10.0. The molecule has 0 aliphatic heterocycles. The summed E-state index contributed by atoms with van der Waals surface area (Å²) in [5, 5.41) is 7.16. The van der Waals surface area contributed by atoms with Crippen LogP contribution in [0.3, 0.4) is 0 Å². The van der Waals surface area contributed by atoms with Crippen molar-refractivity contribution in [3.63, 3.8) is 0 Å². The van der Waals surface area contributed by atoms with Gasteiger partial charge in [-0.15, -0.1) is 0 Å². The molecule has 0 aliphatic rings. The zero-order valence-electron chi connectivity index (χ0n) is 12.6. The molecule has 0 aromatic heterocycles. The predicted octanol–water partition coefficient (Wildman–Crippen LogP) is 4.69. The minimum Gasteiger partial charge on any atom is -0.356 e. The maximum Gasteiger partial charge on any atom is 0.171 e. The smallest absolute Gasteiger partial charge is 0.171 e. The molecule has 0 fully saturated rings. The summed E-state index contributed by atoms with van der Waals surface area (Å²) in [4.78, 5) is 0. The highest BCUT2D eigenvalue weighted by atomic mass is 32.1. The first kappa shape index (κ1) is 15.5. The van der Waals surface area contributed by atoms with Crippen LogP contribution in [0, 0.1) is 0 Å². The van der Waals surface area contributed by atoms with Gasteiger partial charge in [0.25, 0.3) is 0 Å². The topological polar surface area (TPSA) is 24.1 Å². The molecule has 1 unspecified atom stereocenters. The highest BCUT2D eigenvalue weighted by Crippen LogP contribution is 2.15. The van der Waals surface area contributed by atoms with E-state index < -0.39 is 0 Å². The van der Waals surface area contributed by atoms with Crippen molar-refractivity contribution < 1.29 is 0 Å². The van der Waals surface area contributed by atoms with Crippen molar-refractivity contribution >= 4 is 23.0 Å². The summed E-state index contributed by atoms with van der Waals surface area (Å²) >= 11 is 5.36. The van der Waals surface area contributed by atoms with Crippen LogP contribution in [-0.4, -0.2) is 5.11 Å². The van der Waals surface area contributed by atoms with Gasteiger partial charge in [-0.2, -0.15) is 0 Å². The molecule has 3 heteroatoms. The third kappa shape index (κ3) is 4.87. The number of aryl methyl sites for hydroxylation is 1. The minimum atomic E-state index is 0.185. The van der Waals surface area contributed by atoms with Crippen LogP contribution in [0.15, 0.2) is 54.6 Å². The third-order valence-corrected chi connectivity index (χ3v) is 3.62. The number of benzene rings is 2. The molecular weight excluding hydrogens is 276 g/mol. The van der Waals surface area contributed by atoms with Gasteiger partial charge in [0.2, 0.25) is 0 Å². The van der Waals surface area contributed by atoms with E-state index in [4.69, 9.17) is 12.2 Å². The van der Waals surface area contributed by atoms with Crippen molar-refractivity contribution in [2.24, 2.45) is 0 Å². The van der Waals surface area contributed by atoms with Gasteiger partial charge in [-0.25, -0.2) is 0 Å². The molecule has 2 aromatic rings. The zero-order chi connectivity index (χ0) is 15.1. The summed E-state index contributed by atoms with van der Waals surface area (Å²) in [7, 11) is 0. The lowest BCUT2D eigenvalue weighted by Gasteiger charge is -2.17. The molecule has 0 heterocycles. The predicted molar refractivity (Wildman–Crippen MR) is 94.7 cm³/mol. The molecule has 110 valence electrons. The Balaban J connectivity index is 1.91. The number of hydrogen-bond acceptors (Lipinski definition) is 1. The monoisotopic (exact) mass is 298 g/mol. The molecule has 0 aliphatic carbocycles. The van der Waals surface area contributed by atoms with Crippen molar-refractivity contribution in [2.45, 2.75) is 32.7 Å². The van der Waals surface area contributed by atoms with Gasteiger partial charge in [0, 0.05) is 5.69 Å². The number of hydrogen-bond donors (Lipinski definition) is 2. The fraction of sp³-hybridized carbons (Fsp3) is 0.278. The first-order valence-corrected chi connectivity index (χ1v) is 7.81. The fourth-order valence-corrected chi connectivity index (χ4v) is 2.52. The molecule has 0 saturated heterocycles. The number of nitrogens with one attached hydrogen (secondary N) is 2. The molecule has 0 radical (unpaired) electrons. The van der Waals surface area contributed by atoms with Crippen LogP contribution in [0.1, 0.15) is 37.4 Å². The number of anilines is 1. The van der Waals surface area contributed by atoms with Crippen molar-refractivity contribution in [3.05, 3.63) is 65.7 Å². The second-order valence-electron chi connectivity index (χ2n) is 5.18. The maximum atomic E-state index is 5.36. The van der Waals surface area contributed by atoms with Gasteiger partial charge in [-0.3, -0.25) is 0 Å². The van der Waals surface area contributed by atoms with Gasteiger partial charge in [-0.05, 0) is 48.8 Å². The first-order chi connectivity index (χ1) is 10.2. The highest BCUT2D eigenvalue weighted by molar-refractivity contribution is 7.80. The van der Waals surface area contributed by atoms with E-state index in [1.165, 1.54) is 17.5 Å². The minimum absolute atomic E-state index is 0.185. The van der Waals surface area contributed by atoms with Crippen LogP contribution in [0.2, 0.25) is 0 Å². The second-order valence-corrected chi connectivity index (χ2v) is 5.59. The van der Waals surface area contributed by atoms with E-state index in [2.05, 4.69) is 48.7 Å². The van der Waals surface area contributed by atoms with Crippen molar-refractivity contribution in [3.8, 4) is 0 Å². The Morgan fingerprint density at radius 1 is 1.05 bits per heavy atom. The van der Waals surface area contributed by atoms with Crippen LogP contribution >= 0.6 is 12.2 Å². The summed E-state index contributed by atoms with van der Waals surface area (Å²) in [5.74, 6) is 0. The summed E-state index contributed by atoms with van der Waals surface area (Å²) in [5.41, 5.74) is 3.63. The summed E-state index contributed by atoms with van der Waals surface area (Å²) in [6.07, 6.45) is 2.31. The Morgan fingerprint density at radius 2 is 1.71 bits per heavy atom. The van der Waals surface area contributed by atoms with Gasteiger partial charge in [0.15, 0.2) is 5.11 Å². The quantitative estimate of drug-likeness (QED) is 0.783. The average Bonchev–Trinajstić information content (AvgIpc) is 2.49. The Morgan fingerprint density at radius 3 is 2.33 bits per heavy atom. The molecule has 2 N–H and O–H groups in total. The van der Waals surface area contributed by atoms with E-state index in [1.807, 2.05) is 30.3 Å². The van der Waals surface area contributed by atoms with E-state index in [0.717, 1.165) is 12.1 Å². The number of thiocarbonyl (C=S) groups is 1. The van der Waals surface area contributed by atoms with Crippen molar-refractivity contribution in [1.29, 1.82) is 0 Å². The molecule has 0 amide bonds. The number of para-hydroxylation sites is 1. The molecule has 0 saturated carbocycles. The van der Waals surface area contributed by atoms with E-state index in [9.17, 15) is 0 Å². The first-order valence-electron chi connectivity index (χ1n) is 7.40. The van der Waals surface area contributed by atoms with Crippen LogP contribution < -0.4 is 10.6 Å². The summed E-state index contributed by atoms with van der Waals surface area (Å²) in [6.45, 7) is 4.32. The SMILES string of the molecule is CCCc1ccc(C(C)NC(=S)Nc2ccccc2)cc1. The number of rotatable bonds is 5. The fourth-order valence-electron chi connectivity index (χ4n) is 2.23. The third-order valence-electron chi connectivity index (χ3n) is 3.40. The van der Waals surface area contributed by atoms with Crippen LogP contribution in [0.5, 0.6) is 0 Å². The molecule has 2 aromatic carbocycles. The largest absolute Gasteiger partial charge is 0.356 e. The molecule has 1 atom stereocenters. The van der Waals surface area contributed by atoms with Crippen molar-refractivity contribution in [1.82, 2.24) is 5.32 Å². The van der Waals surface area contributed by atoms with Crippen LogP contribution in [-0.2, 0) is 6.42 Å². The Kier molecular flexibility index (Phi) is 5.76. The van der Waals surface area contributed by atoms with E-state index >= 15 is 0 Å². The molecule has 21 heavy (non-hydrogen) atoms. The molecular formula is C18H22N2S. The Hall–Kier alpha value is -1.87. The maximum absolute atomic E-state index is 5.36. The highest BCUT2D eigenvalue weighted by Gasteiger charge is 2.07. The molecule has 2 rings (SSSR count). The van der Waals surface area contributed by atoms with Gasteiger partial charge >= 0.3 is 0 Å². The normalized spacial score (nSPS) is 11.7. The van der Waals surface area contributed by atoms with Gasteiger partial charge in [-0.1, -0.05) is 55.8 Å². The molecule has 2 nitrogen and oxygen atoms in total. The van der Waals surface area contributed by atoms with Gasteiger partial charge in [0.1, 0.15) is 0 Å². The standard InChI is InChI=1S/C18H22N2S/c1-3-7-15-10-12-16(13-11-15)14(2)19-18(21)20-17-8-5-4-6-9-17/h4-6,8-14H,3,7H2,1-2H3,(H2,19,20,21). The zero-order valence-corrected chi connectivity index (χ0v) is 13.4. The second kappa shape index (κ2) is 7.79. The lowest BCUT2D eigenvalue weighted by molar-refractivity contribution is 0.722. The average molecular weight is 298 g/mol. The van der Waals surface area contributed by atoms with Crippen molar-refractivity contribution in [2.75, 3.05) is 5.32 Å². The molecule has 0 bridgehead atoms. The van der Waals surface area contributed by atoms with Gasteiger partial charge in [0.05, 0.1) is 6.04 Å². The summed E-state index contributed by atoms with van der Waals surface area (Å²) in [6, 6.07) is 18.9. The van der Waals surface area contributed by atoms with Crippen LogP contribution in [0.25, 0.3) is 0 Å². The Labute approximate surface area is 132 Å². The van der Waals surface area contributed by atoms with E-state index in [0.29, 0.717) is 5.11 Å². The van der Waals surface area contributed by atoms with Gasteiger partial charge < -0.3 is 10.6 Å². The van der Waals surface area contributed by atoms with E-state index in [-0.39, 0.29) is 6.04 Å². The Bertz CT molecular complexity index is 564. The summed E-state index contributed by atoms with van der Waals surface area (Å²) < 4.78 is 0. The van der Waals surface area contributed by atoms with Crippen LogP contribution in [0.4, 0.5) is 5.69 Å².